The monoisotopic (exact) mass is 884 g/mol. The van der Waals surface area contributed by atoms with E-state index in [0.29, 0.717) is 37.3 Å². The van der Waals surface area contributed by atoms with Gasteiger partial charge in [-0.05, 0) is 93.6 Å². The number of amides is 2. The third-order valence-corrected chi connectivity index (χ3v) is 12.3. The lowest BCUT2D eigenvalue weighted by Crippen LogP contribution is -2.39. The summed E-state index contributed by atoms with van der Waals surface area (Å²) in [5, 5.41) is 14.3. The lowest BCUT2D eigenvalue weighted by Gasteiger charge is -2.33. The van der Waals surface area contributed by atoms with Crippen LogP contribution in [-0.2, 0) is 38.3 Å². The highest BCUT2D eigenvalue weighted by Gasteiger charge is 2.42. The van der Waals surface area contributed by atoms with E-state index in [-0.39, 0.29) is 74.8 Å². The van der Waals surface area contributed by atoms with Gasteiger partial charge in [0.05, 0.1) is 22.5 Å². The standard InChI is InChI=1S/C22H25F5N4O.C20H21F5N4O/c1-2-8-30-9-7-15-17(12-30)28-29-20(15)21(32)31-10-5-13(6-11-31)14-3-4-16(23)19(24)18(14)22(25,26)27;1-28-7-6-13-15(10-28)26-27-18(13)19(30)29-8-4-11(5-9-29)12-2-3-14(21)17(22)16(12)20(23,24)25/h3-4,13H,2,5-12H2,1H3,(H,28,29);2-3,11H,4-10H2,1H3,(H,26,27). The van der Waals surface area contributed by atoms with E-state index in [0.717, 1.165) is 72.8 Å². The molecule has 0 unspecified atom stereocenters. The summed E-state index contributed by atoms with van der Waals surface area (Å²) in [5.74, 6) is -8.49. The fourth-order valence-corrected chi connectivity index (χ4v) is 9.16. The molecule has 20 heteroatoms. The number of aromatic nitrogens is 4. The Balaban J connectivity index is 0.000000187. The average Bonchev–Trinajstić information content (AvgIpc) is 3.86. The van der Waals surface area contributed by atoms with Gasteiger partial charge in [-0.3, -0.25) is 24.7 Å². The summed E-state index contributed by atoms with van der Waals surface area (Å²) in [6, 6.07) is 3.47. The van der Waals surface area contributed by atoms with Crippen LogP contribution in [0.15, 0.2) is 24.3 Å². The van der Waals surface area contributed by atoms with Gasteiger partial charge in [-0.2, -0.15) is 36.5 Å². The van der Waals surface area contributed by atoms with Crippen LogP contribution < -0.4 is 0 Å². The van der Waals surface area contributed by atoms with Gasteiger partial charge in [-0.25, -0.2) is 17.6 Å². The predicted molar refractivity (Wildman–Crippen MR) is 205 cm³/mol. The minimum atomic E-state index is -4.99. The number of carbonyl (C=O) groups excluding carboxylic acids is 2. The Kier molecular flexibility index (Phi) is 13.1. The molecule has 4 aliphatic heterocycles. The Hall–Kier alpha value is -4.98. The second-order valence-electron chi connectivity index (χ2n) is 16.4. The number of halogens is 10. The predicted octanol–water partition coefficient (Wildman–Crippen LogP) is 8.21. The van der Waals surface area contributed by atoms with Gasteiger partial charge >= 0.3 is 12.4 Å². The molecule has 2 N–H and O–H groups in total. The zero-order valence-corrected chi connectivity index (χ0v) is 34.1. The number of nitrogens with zero attached hydrogens (tertiary/aromatic N) is 6. The molecule has 0 spiro atoms. The molecule has 2 aromatic heterocycles. The van der Waals surface area contributed by atoms with E-state index < -0.39 is 58.6 Å². The van der Waals surface area contributed by atoms with E-state index in [1.807, 2.05) is 7.05 Å². The number of carbonyl (C=O) groups is 2. The van der Waals surface area contributed by atoms with Crippen molar-refractivity contribution in [1.82, 2.24) is 40.0 Å². The number of H-pyrrole nitrogens is 2. The smallest absolute Gasteiger partial charge is 0.337 e. The minimum absolute atomic E-state index is 0.224. The summed E-state index contributed by atoms with van der Waals surface area (Å²) >= 11 is 0. The maximum atomic E-state index is 14.0. The molecule has 0 aliphatic carbocycles. The topological polar surface area (TPSA) is 104 Å². The van der Waals surface area contributed by atoms with E-state index in [2.05, 4.69) is 37.1 Å². The summed E-state index contributed by atoms with van der Waals surface area (Å²) < 4.78 is 135. The molecule has 0 radical (unpaired) electrons. The summed E-state index contributed by atoms with van der Waals surface area (Å²) in [4.78, 5) is 33.5. The molecule has 4 aromatic rings. The van der Waals surface area contributed by atoms with Crippen LogP contribution in [0.3, 0.4) is 0 Å². The molecule has 2 saturated heterocycles. The third kappa shape index (κ3) is 9.21. The van der Waals surface area contributed by atoms with Crippen LogP contribution in [0.4, 0.5) is 43.9 Å². The van der Waals surface area contributed by atoms with Gasteiger partial charge in [-0.15, -0.1) is 0 Å². The molecule has 0 bridgehead atoms. The molecule has 2 aromatic carbocycles. The Morgan fingerprint density at radius 1 is 0.645 bits per heavy atom. The van der Waals surface area contributed by atoms with Crippen LogP contribution in [0.1, 0.15) is 117 Å². The van der Waals surface area contributed by atoms with Gasteiger partial charge in [0.2, 0.25) is 0 Å². The normalized spacial score (nSPS) is 18.3. The average molecular weight is 885 g/mol. The molecule has 10 nitrogen and oxygen atoms in total. The molecular weight excluding hydrogens is 838 g/mol. The van der Waals surface area contributed by atoms with E-state index in [4.69, 9.17) is 0 Å². The highest BCUT2D eigenvalue weighted by atomic mass is 19.4. The quantitative estimate of drug-likeness (QED) is 0.189. The molecule has 4 aliphatic rings. The van der Waals surface area contributed by atoms with Crippen molar-refractivity contribution in [3.63, 3.8) is 0 Å². The van der Waals surface area contributed by atoms with Crippen LogP contribution in [0.2, 0.25) is 0 Å². The summed E-state index contributed by atoms with van der Waals surface area (Å²) in [6.45, 7) is 7.02. The molecule has 6 heterocycles. The summed E-state index contributed by atoms with van der Waals surface area (Å²) in [7, 11) is 1.98. The lowest BCUT2D eigenvalue weighted by molar-refractivity contribution is -0.142. The Labute approximate surface area is 350 Å². The molecular formula is C42H46F10N8O2. The summed E-state index contributed by atoms with van der Waals surface area (Å²) in [5.41, 5.74) is 0.768. The maximum absolute atomic E-state index is 14.0. The fourth-order valence-electron chi connectivity index (χ4n) is 9.16. The summed E-state index contributed by atoms with van der Waals surface area (Å²) in [6.07, 6.45) is -6.60. The first-order valence-corrected chi connectivity index (χ1v) is 20.6. The maximum Gasteiger partial charge on any atom is 0.419 e. The van der Waals surface area contributed by atoms with Gasteiger partial charge in [0.25, 0.3) is 11.8 Å². The number of likely N-dealkylation sites (N-methyl/N-ethyl adjacent to an activating group) is 1. The molecule has 2 amide bonds. The Morgan fingerprint density at radius 2 is 1.06 bits per heavy atom. The number of alkyl halides is 6. The van der Waals surface area contributed by atoms with Crippen molar-refractivity contribution in [2.24, 2.45) is 0 Å². The first-order chi connectivity index (χ1) is 29.4. The van der Waals surface area contributed by atoms with Gasteiger partial charge in [-0.1, -0.05) is 19.1 Å². The van der Waals surface area contributed by atoms with Crippen molar-refractivity contribution in [3.8, 4) is 0 Å². The zero-order chi connectivity index (χ0) is 44.7. The van der Waals surface area contributed by atoms with Gasteiger partial charge in [0, 0.05) is 63.5 Å². The molecule has 8 rings (SSSR count). The first-order valence-electron chi connectivity index (χ1n) is 20.6. The molecule has 0 saturated carbocycles. The van der Waals surface area contributed by atoms with Gasteiger partial charge < -0.3 is 14.7 Å². The third-order valence-electron chi connectivity index (χ3n) is 12.3. The number of nitrogens with one attached hydrogen (secondary N) is 2. The van der Waals surface area contributed by atoms with Crippen molar-refractivity contribution in [2.75, 3.05) is 52.9 Å². The van der Waals surface area contributed by atoms with Crippen LogP contribution >= 0.6 is 0 Å². The molecule has 62 heavy (non-hydrogen) atoms. The number of rotatable bonds is 6. The number of likely N-dealkylation sites (tertiary alicyclic amines) is 2. The van der Waals surface area contributed by atoms with Crippen molar-refractivity contribution in [1.29, 1.82) is 0 Å². The van der Waals surface area contributed by atoms with E-state index in [9.17, 15) is 53.5 Å². The number of fused-ring (bicyclic) bond motifs is 2. The molecule has 2 fully saturated rings. The van der Waals surface area contributed by atoms with Gasteiger partial charge in [0.15, 0.2) is 34.7 Å². The molecule has 336 valence electrons. The lowest BCUT2D eigenvalue weighted by atomic mass is 9.85. The Bertz CT molecular complexity index is 2270. The van der Waals surface area contributed by atoms with Crippen LogP contribution in [0, 0.1) is 23.3 Å². The van der Waals surface area contributed by atoms with Crippen molar-refractivity contribution in [3.05, 3.63) is 104 Å². The van der Waals surface area contributed by atoms with E-state index >= 15 is 0 Å². The van der Waals surface area contributed by atoms with Gasteiger partial charge in [0.1, 0.15) is 0 Å². The second-order valence-corrected chi connectivity index (χ2v) is 16.4. The first kappa shape index (κ1) is 45.1. The van der Waals surface area contributed by atoms with Crippen molar-refractivity contribution >= 4 is 11.8 Å². The highest BCUT2D eigenvalue weighted by molar-refractivity contribution is 5.94. The molecule has 0 atom stereocenters. The SMILES string of the molecule is CCCN1CCc2c(C(=O)N3CCC(c4ccc(F)c(F)c4C(F)(F)F)CC3)n[nH]c2C1.CN1CCc2c(C(=O)N3CCC(c4ccc(F)c(F)c4C(F)(F)F)CC3)n[nH]c2C1. The number of hydrogen-bond donors (Lipinski definition) is 2. The Morgan fingerprint density at radius 3 is 1.48 bits per heavy atom. The van der Waals surface area contributed by atoms with Crippen LogP contribution in [-0.4, -0.2) is 105 Å². The van der Waals surface area contributed by atoms with Crippen LogP contribution in [0.25, 0.3) is 0 Å². The van der Waals surface area contributed by atoms with Crippen molar-refractivity contribution < 1.29 is 53.5 Å². The number of benzene rings is 2. The largest absolute Gasteiger partial charge is 0.419 e. The minimum Gasteiger partial charge on any atom is -0.337 e. The highest BCUT2D eigenvalue weighted by Crippen LogP contribution is 2.43. The number of hydrogen-bond acceptors (Lipinski definition) is 6. The number of aromatic amines is 2. The second kappa shape index (κ2) is 18.0. The van der Waals surface area contributed by atoms with Crippen molar-refractivity contribution in [2.45, 2.75) is 89.1 Å². The van der Waals surface area contributed by atoms with Crippen LogP contribution in [0.5, 0.6) is 0 Å². The number of piperidine rings is 2. The fraction of sp³-hybridized carbons (Fsp3) is 0.524. The van der Waals surface area contributed by atoms with E-state index in [1.165, 1.54) is 0 Å². The van der Waals surface area contributed by atoms with E-state index in [1.54, 1.807) is 9.80 Å². The zero-order valence-electron chi connectivity index (χ0n) is 34.1.